The first-order chi connectivity index (χ1) is 13.5. The molecule has 1 aliphatic heterocycles. The van der Waals surface area contributed by atoms with Gasteiger partial charge in [-0.3, -0.25) is 24.1 Å². The smallest absolute Gasteiger partial charge is 0.308 e. The van der Waals surface area contributed by atoms with Crippen molar-refractivity contribution in [2.24, 2.45) is 0 Å². The molecule has 1 aliphatic carbocycles. The van der Waals surface area contributed by atoms with Gasteiger partial charge in [-0.05, 0) is 25.0 Å². The van der Waals surface area contributed by atoms with Crippen molar-refractivity contribution in [1.82, 2.24) is 10.2 Å². The van der Waals surface area contributed by atoms with Gasteiger partial charge >= 0.3 is 5.97 Å². The average molecular weight is 383 g/mol. The molecule has 0 aromatic heterocycles. The monoisotopic (exact) mass is 383 g/mol. The summed E-state index contributed by atoms with van der Waals surface area (Å²) in [4.78, 5) is 49.4. The minimum absolute atomic E-state index is 0.116. The van der Waals surface area contributed by atoms with E-state index in [2.05, 4.69) is 11.4 Å². The Hall–Kier alpha value is -3.21. The summed E-state index contributed by atoms with van der Waals surface area (Å²) < 4.78 is 4.93. The number of nitrogens with zero attached hydrogens (tertiary/aromatic N) is 2. The number of imide groups is 1. The van der Waals surface area contributed by atoms with Crippen molar-refractivity contribution in [2.45, 2.75) is 44.1 Å². The first-order valence-electron chi connectivity index (χ1n) is 9.29. The Morgan fingerprint density at radius 2 is 1.71 bits per heavy atom. The molecule has 0 radical (unpaired) electrons. The average Bonchev–Trinajstić information content (AvgIpc) is 2.96. The van der Waals surface area contributed by atoms with E-state index in [-0.39, 0.29) is 13.0 Å². The van der Waals surface area contributed by atoms with Crippen LogP contribution in [0.4, 0.5) is 0 Å². The second-order valence-electron chi connectivity index (χ2n) is 7.02. The van der Waals surface area contributed by atoms with Crippen molar-refractivity contribution in [3.05, 3.63) is 35.4 Å². The summed E-state index contributed by atoms with van der Waals surface area (Å²) >= 11 is 0. The van der Waals surface area contributed by atoms with E-state index in [1.807, 2.05) is 0 Å². The number of carbonyl (C=O) groups is 4. The molecular weight excluding hydrogens is 362 g/mol. The standard InChI is InChI=1S/C20H21N3O5/c21-13-20(9-4-1-5-10-20)22-16(24)12-28-17(25)8-11-23-18(26)14-6-2-3-7-15(14)19(23)27/h2-3,6-7H,1,4-5,8-12H2,(H,22,24). The number of hydrogen-bond acceptors (Lipinski definition) is 6. The fourth-order valence-corrected chi connectivity index (χ4v) is 3.59. The Kier molecular flexibility index (Phi) is 5.73. The van der Waals surface area contributed by atoms with Crippen molar-refractivity contribution in [3.8, 4) is 6.07 Å². The van der Waals surface area contributed by atoms with E-state index < -0.39 is 35.8 Å². The molecule has 28 heavy (non-hydrogen) atoms. The lowest BCUT2D eigenvalue weighted by atomic mass is 9.83. The van der Waals surface area contributed by atoms with E-state index in [1.54, 1.807) is 24.3 Å². The molecule has 1 heterocycles. The van der Waals surface area contributed by atoms with Gasteiger partial charge in [0.25, 0.3) is 17.7 Å². The molecule has 3 rings (SSSR count). The van der Waals surface area contributed by atoms with E-state index in [4.69, 9.17) is 4.74 Å². The third-order valence-electron chi connectivity index (χ3n) is 5.08. The van der Waals surface area contributed by atoms with Crippen molar-refractivity contribution >= 4 is 23.7 Å². The highest BCUT2D eigenvalue weighted by Crippen LogP contribution is 2.27. The molecule has 1 N–H and O–H groups in total. The number of amides is 3. The normalized spacial score (nSPS) is 17.6. The fourth-order valence-electron chi connectivity index (χ4n) is 3.59. The molecule has 3 amide bonds. The Labute approximate surface area is 162 Å². The fraction of sp³-hybridized carbons (Fsp3) is 0.450. The number of benzene rings is 1. The molecule has 1 aromatic rings. The maximum Gasteiger partial charge on any atom is 0.308 e. The number of esters is 1. The Morgan fingerprint density at radius 3 is 2.29 bits per heavy atom. The topological polar surface area (TPSA) is 117 Å². The van der Waals surface area contributed by atoms with E-state index in [0.29, 0.717) is 24.0 Å². The van der Waals surface area contributed by atoms with Gasteiger partial charge < -0.3 is 10.1 Å². The van der Waals surface area contributed by atoms with Crippen LogP contribution in [0, 0.1) is 11.3 Å². The second-order valence-corrected chi connectivity index (χ2v) is 7.02. The zero-order valence-electron chi connectivity index (χ0n) is 15.4. The van der Waals surface area contributed by atoms with E-state index >= 15 is 0 Å². The first kappa shape index (κ1) is 19.5. The molecule has 8 heteroatoms. The maximum absolute atomic E-state index is 12.2. The maximum atomic E-state index is 12.2. The van der Waals surface area contributed by atoms with E-state index in [9.17, 15) is 24.4 Å². The van der Waals surface area contributed by atoms with Crippen LogP contribution < -0.4 is 5.32 Å². The van der Waals surface area contributed by atoms with Gasteiger partial charge in [-0.25, -0.2) is 0 Å². The lowest BCUT2D eigenvalue weighted by Gasteiger charge is -2.31. The summed E-state index contributed by atoms with van der Waals surface area (Å²) in [7, 11) is 0. The van der Waals surface area contributed by atoms with Crippen LogP contribution in [0.3, 0.4) is 0 Å². The van der Waals surface area contributed by atoms with Gasteiger partial charge in [-0.2, -0.15) is 5.26 Å². The Morgan fingerprint density at radius 1 is 1.11 bits per heavy atom. The summed E-state index contributed by atoms with van der Waals surface area (Å²) in [6.07, 6.45) is 3.74. The van der Waals surface area contributed by atoms with Crippen molar-refractivity contribution in [3.63, 3.8) is 0 Å². The molecule has 0 bridgehead atoms. The quantitative estimate of drug-likeness (QED) is 0.588. The molecule has 1 aromatic carbocycles. The molecule has 0 saturated heterocycles. The number of carbonyl (C=O) groups excluding carboxylic acids is 4. The predicted molar refractivity (Wildman–Crippen MR) is 97.0 cm³/mol. The summed E-state index contributed by atoms with van der Waals surface area (Å²) in [5.41, 5.74) is -0.258. The van der Waals surface area contributed by atoms with Gasteiger partial charge in [0.1, 0.15) is 5.54 Å². The van der Waals surface area contributed by atoms with Crippen LogP contribution in [-0.2, 0) is 14.3 Å². The minimum atomic E-state index is -0.887. The highest BCUT2D eigenvalue weighted by atomic mass is 16.5. The minimum Gasteiger partial charge on any atom is -0.456 e. The third kappa shape index (κ3) is 4.03. The van der Waals surface area contributed by atoms with Crippen LogP contribution in [0.5, 0.6) is 0 Å². The molecule has 0 spiro atoms. The molecule has 0 unspecified atom stereocenters. The lowest BCUT2D eigenvalue weighted by molar-refractivity contribution is -0.149. The Bertz CT molecular complexity index is 817. The summed E-state index contributed by atoms with van der Waals surface area (Å²) in [6, 6.07) is 8.63. The van der Waals surface area contributed by atoms with Gasteiger partial charge in [0.15, 0.2) is 6.61 Å². The van der Waals surface area contributed by atoms with Gasteiger partial charge in [-0.15, -0.1) is 0 Å². The SMILES string of the molecule is N#CC1(NC(=O)COC(=O)CCN2C(=O)c3ccccc3C2=O)CCCCC1. The molecule has 146 valence electrons. The Balaban J connectivity index is 1.45. The van der Waals surface area contributed by atoms with Crippen LogP contribution in [0.15, 0.2) is 24.3 Å². The molecule has 1 saturated carbocycles. The number of nitrogens with one attached hydrogen (secondary N) is 1. The van der Waals surface area contributed by atoms with Gasteiger partial charge in [0, 0.05) is 6.54 Å². The highest BCUT2D eigenvalue weighted by Gasteiger charge is 2.36. The summed E-state index contributed by atoms with van der Waals surface area (Å²) in [5, 5.41) is 12.0. The third-order valence-corrected chi connectivity index (χ3v) is 5.08. The molecular formula is C20H21N3O5. The number of ether oxygens (including phenoxy) is 1. The van der Waals surface area contributed by atoms with Crippen LogP contribution in [0.1, 0.15) is 59.2 Å². The van der Waals surface area contributed by atoms with Crippen LogP contribution >= 0.6 is 0 Å². The van der Waals surface area contributed by atoms with Crippen molar-refractivity contribution in [1.29, 1.82) is 5.26 Å². The number of nitriles is 1. The van der Waals surface area contributed by atoms with E-state index in [1.165, 1.54) is 0 Å². The number of rotatable bonds is 6. The van der Waals surface area contributed by atoms with Crippen molar-refractivity contribution < 1.29 is 23.9 Å². The summed E-state index contributed by atoms with van der Waals surface area (Å²) in [6.45, 7) is -0.612. The van der Waals surface area contributed by atoms with Crippen LogP contribution in [0.25, 0.3) is 0 Å². The predicted octanol–water partition coefficient (Wildman–Crippen LogP) is 1.56. The first-order valence-corrected chi connectivity index (χ1v) is 9.29. The van der Waals surface area contributed by atoms with Gasteiger partial charge in [0.2, 0.25) is 0 Å². The molecule has 0 atom stereocenters. The van der Waals surface area contributed by atoms with Gasteiger partial charge in [-0.1, -0.05) is 31.4 Å². The van der Waals surface area contributed by atoms with E-state index in [0.717, 1.165) is 24.2 Å². The largest absolute Gasteiger partial charge is 0.456 e. The zero-order valence-corrected chi connectivity index (χ0v) is 15.4. The number of fused-ring (bicyclic) bond motifs is 1. The lowest BCUT2D eigenvalue weighted by Crippen LogP contribution is -2.50. The van der Waals surface area contributed by atoms with Crippen LogP contribution in [0.2, 0.25) is 0 Å². The second kappa shape index (κ2) is 8.21. The molecule has 8 nitrogen and oxygen atoms in total. The summed E-state index contributed by atoms with van der Waals surface area (Å²) in [5.74, 6) is -2.11. The molecule has 1 fully saturated rings. The van der Waals surface area contributed by atoms with Crippen molar-refractivity contribution in [2.75, 3.05) is 13.2 Å². The van der Waals surface area contributed by atoms with Gasteiger partial charge in [0.05, 0.1) is 23.6 Å². The zero-order chi connectivity index (χ0) is 20.1. The number of hydrogen-bond donors (Lipinski definition) is 1. The van der Waals surface area contributed by atoms with Crippen LogP contribution in [-0.4, -0.2) is 47.3 Å². The molecule has 2 aliphatic rings. The highest BCUT2D eigenvalue weighted by molar-refractivity contribution is 6.21.